The second kappa shape index (κ2) is 8.52. The molecule has 9 nitrogen and oxygen atoms in total. The third kappa shape index (κ3) is 4.19. The number of carboxylic acids is 1. The summed E-state index contributed by atoms with van der Waals surface area (Å²) in [7, 11) is 0. The van der Waals surface area contributed by atoms with Crippen molar-refractivity contribution in [1.29, 1.82) is 0 Å². The number of pyridine rings is 1. The van der Waals surface area contributed by atoms with Gasteiger partial charge in [-0.05, 0) is 11.4 Å². The van der Waals surface area contributed by atoms with E-state index in [4.69, 9.17) is 11.2 Å². The van der Waals surface area contributed by atoms with Crippen molar-refractivity contribution >= 4 is 46.8 Å². The highest BCUT2D eigenvalue weighted by Gasteiger charge is 2.54. The molecule has 0 bridgehead atoms. The van der Waals surface area contributed by atoms with E-state index in [0.29, 0.717) is 0 Å². The number of thioether (sulfide) groups is 1. The van der Waals surface area contributed by atoms with E-state index in [9.17, 15) is 24.3 Å². The largest absolute Gasteiger partial charge is 0.477 e. The van der Waals surface area contributed by atoms with Crippen molar-refractivity contribution in [3.05, 3.63) is 63.7 Å². The van der Waals surface area contributed by atoms with Crippen LogP contribution in [0, 0.1) is 0 Å². The zero-order chi connectivity index (χ0) is 25.6. The van der Waals surface area contributed by atoms with Crippen LogP contribution in [0.15, 0.2) is 53.2 Å². The van der Waals surface area contributed by atoms with Gasteiger partial charge in [-0.25, -0.2) is 9.36 Å². The molecule has 0 aromatic carbocycles. The smallest absolute Gasteiger partial charge is 0.352 e. The molecule has 2 aliphatic heterocycles. The number of amides is 3. The lowest BCUT2D eigenvalue weighted by Gasteiger charge is -2.49. The summed E-state index contributed by atoms with van der Waals surface area (Å²) in [4.78, 5) is 50.7. The van der Waals surface area contributed by atoms with Gasteiger partial charge >= 0.3 is 5.97 Å². The molecule has 4 N–H and O–H groups in total. The SMILES string of the molecule is [2H]c1c(C(N)=O)c([2H])c([2H])[n+](CC2=C(C(=O)O)N3C(=O)[C@@H](NC(=O)Cc4cccs4)[C@H]3SC2)c1[2H]. The summed E-state index contributed by atoms with van der Waals surface area (Å²) in [5, 5.41) is 13.7. The molecule has 2 aromatic rings. The topological polar surface area (TPSA) is 134 Å². The number of nitrogens with zero attached hydrogens (tertiary/aromatic N) is 2. The highest BCUT2D eigenvalue weighted by atomic mass is 32.2. The number of thiophene rings is 1. The van der Waals surface area contributed by atoms with Gasteiger partial charge in [-0.2, -0.15) is 0 Å². The Kier molecular flexibility index (Phi) is 4.53. The molecular weight excluding hydrogens is 440 g/mol. The second-order valence-corrected chi connectivity index (χ2v) is 8.90. The number of aromatic nitrogens is 1. The number of aliphatic carboxylic acids is 1. The molecule has 2 atom stereocenters. The summed E-state index contributed by atoms with van der Waals surface area (Å²) in [6.07, 6.45) is -1.07. The fraction of sp³-hybridized carbons (Fsp3) is 0.250. The van der Waals surface area contributed by atoms with Crippen LogP contribution >= 0.6 is 23.1 Å². The number of nitrogens with one attached hydrogen (secondary N) is 1. The van der Waals surface area contributed by atoms with Gasteiger partial charge in [-0.15, -0.1) is 23.1 Å². The second-order valence-electron chi connectivity index (χ2n) is 6.77. The van der Waals surface area contributed by atoms with Crippen molar-refractivity contribution < 1.29 is 34.3 Å². The first-order valence-corrected chi connectivity index (χ1v) is 11.0. The molecule has 4 heterocycles. The number of carbonyl (C=O) groups excluding carboxylic acids is 3. The predicted octanol–water partition coefficient (Wildman–Crippen LogP) is 0.116. The molecule has 0 saturated carbocycles. The number of hydrogen-bond donors (Lipinski definition) is 3. The van der Waals surface area contributed by atoms with Gasteiger partial charge in [0.2, 0.25) is 11.8 Å². The number of hydrogen-bond acceptors (Lipinski definition) is 6. The highest BCUT2D eigenvalue weighted by molar-refractivity contribution is 8.00. The Bertz CT molecular complexity index is 1270. The van der Waals surface area contributed by atoms with Crippen LogP contribution in [0.25, 0.3) is 0 Å². The van der Waals surface area contributed by atoms with Crippen molar-refractivity contribution in [2.24, 2.45) is 5.73 Å². The van der Waals surface area contributed by atoms with Gasteiger partial charge in [0.1, 0.15) is 19.9 Å². The zero-order valence-corrected chi connectivity index (χ0v) is 17.5. The lowest BCUT2D eigenvalue weighted by atomic mass is 10.0. The van der Waals surface area contributed by atoms with Crippen molar-refractivity contribution in [3.63, 3.8) is 0 Å². The van der Waals surface area contributed by atoms with Crippen LogP contribution in [0.5, 0.6) is 0 Å². The summed E-state index contributed by atoms with van der Waals surface area (Å²) < 4.78 is 33.2. The lowest BCUT2D eigenvalue weighted by Crippen LogP contribution is -2.70. The highest BCUT2D eigenvalue weighted by Crippen LogP contribution is 2.40. The first kappa shape index (κ1) is 16.5. The molecule has 0 unspecified atom stereocenters. The van der Waals surface area contributed by atoms with E-state index in [-0.39, 0.29) is 35.9 Å². The van der Waals surface area contributed by atoms with E-state index in [1.54, 1.807) is 6.07 Å². The van der Waals surface area contributed by atoms with Crippen molar-refractivity contribution in [2.45, 2.75) is 24.4 Å². The van der Waals surface area contributed by atoms with Crippen LogP contribution < -0.4 is 15.6 Å². The van der Waals surface area contributed by atoms with E-state index >= 15 is 0 Å². The first-order valence-electron chi connectivity index (χ1n) is 11.0. The van der Waals surface area contributed by atoms with Crippen LogP contribution in [0.1, 0.15) is 20.7 Å². The molecule has 4 rings (SSSR count). The van der Waals surface area contributed by atoms with Gasteiger partial charge in [0, 0.05) is 28.3 Å². The van der Waals surface area contributed by atoms with E-state index in [1.165, 1.54) is 23.1 Å². The number of primary amides is 1. The molecule has 0 spiro atoms. The average Bonchev–Trinajstić information content (AvgIpc) is 3.31. The summed E-state index contributed by atoms with van der Waals surface area (Å²) in [5.74, 6) is -3.35. The van der Waals surface area contributed by atoms with Gasteiger partial charge in [-0.3, -0.25) is 19.3 Å². The fourth-order valence-electron chi connectivity index (χ4n) is 3.30. The Morgan fingerprint density at radius 2 is 2.10 bits per heavy atom. The average molecular weight is 464 g/mol. The number of rotatable bonds is 7. The normalized spacial score (nSPS) is 21.9. The third-order valence-corrected chi connectivity index (χ3v) is 6.92. The zero-order valence-electron chi connectivity index (χ0n) is 19.9. The number of fused-ring (bicyclic) bond motifs is 1. The Morgan fingerprint density at radius 3 is 2.71 bits per heavy atom. The molecule has 1 fully saturated rings. The van der Waals surface area contributed by atoms with E-state index in [1.807, 2.05) is 11.4 Å². The van der Waals surface area contributed by atoms with Gasteiger partial charge in [0.15, 0.2) is 18.9 Å². The molecule has 0 aliphatic carbocycles. The van der Waals surface area contributed by atoms with Crippen LogP contribution in [-0.4, -0.2) is 50.9 Å². The van der Waals surface area contributed by atoms with Crippen LogP contribution in [0.3, 0.4) is 0 Å². The van der Waals surface area contributed by atoms with Gasteiger partial charge in [0.05, 0.1) is 14.7 Å². The molecule has 3 amide bonds. The minimum absolute atomic E-state index is 0.104. The van der Waals surface area contributed by atoms with Crippen LogP contribution in [0.2, 0.25) is 0 Å². The minimum Gasteiger partial charge on any atom is -0.477 e. The maximum Gasteiger partial charge on any atom is 0.352 e. The minimum atomic E-state index is -1.40. The Morgan fingerprint density at radius 1 is 1.35 bits per heavy atom. The first-order chi connectivity index (χ1) is 16.5. The van der Waals surface area contributed by atoms with Crippen molar-refractivity contribution in [1.82, 2.24) is 10.2 Å². The monoisotopic (exact) mass is 463 g/mol. The summed E-state index contributed by atoms with van der Waals surface area (Å²) >= 11 is 2.63. The van der Waals surface area contributed by atoms with Gasteiger partial charge < -0.3 is 16.2 Å². The van der Waals surface area contributed by atoms with E-state index in [2.05, 4.69) is 5.32 Å². The molecule has 1 saturated heterocycles. The Labute approximate surface area is 191 Å². The van der Waals surface area contributed by atoms with Gasteiger partial charge in [0.25, 0.3) is 5.91 Å². The van der Waals surface area contributed by atoms with Crippen molar-refractivity contribution in [2.75, 3.05) is 5.75 Å². The maximum atomic E-state index is 12.8. The summed E-state index contributed by atoms with van der Waals surface area (Å²) in [5.41, 5.74) is 4.46. The van der Waals surface area contributed by atoms with Crippen LogP contribution in [-0.2, 0) is 27.3 Å². The van der Waals surface area contributed by atoms with E-state index < -0.39 is 59.2 Å². The molecule has 2 aromatic heterocycles. The standard InChI is InChI=1S/C20H18N4O5S2/c21-17(26)11-3-5-23(6-4-11)9-12-10-31-19-15(18(27)24(19)16(12)20(28)29)22-14(25)8-13-2-1-7-30-13/h1-7,15,19H,8-10H2,(H3-,21,22,25,26,28,29)/p+1/t15-,19-/m1/s1/i3D,4D,5D,6D. The molecule has 0 radical (unpaired) electrons. The third-order valence-electron chi connectivity index (χ3n) is 4.71. The fourth-order valence-corrected chi connectivity index (χ4v) is 5.34. The number of nitrogens with two attached hydrogens (primary N) is 1. The number of carbonyl (C=O) groups is 4. The predicted molar refractivity (Wildman–Crippen MR) is 113 cm³/mol. The quantitative estimate of drug-likeness (QED) is 0.394. The number of β-lactam (4-membered cyclic amide) rings is 1. The van der Waals surface area contributed by atoms with Crippen LogP contribution in [0.4, 0.5) is 0 Å². The van der Waals surface area contributed by atoms with Gasteiger partial charge in [-0.1, -0.05) is 6.07 Å². The molecule has 11 heteroatoms. The lowest BCUT2D eigenvalue weighted by molar-refractivity contribution is -0.689. The molecule has 2 aliphatic rings. The van der Waals surface area contributed by atoms with Crippen molar-refractivity contribution in [3.8, 4) is 0 Å². The summed E-state index contributed by atoms with van der Waals surface area (Å²) in [6.45, 7) is -0.352. The maximum absolute atomic E-state index is 12.8. The number of carboxylic acid groups (broad SMARTS) is 1. The Balaban J connectivity index is 1.60. The Hall–Kier alpha value is -3.18. The molecular formula is C20H19N4O5S2+. The summed E-state index contributed by atoms with van der Waals surface area (Å²) in [6, 6.07) is 1.43. The molecule has 160 valence electrons. The molecule has 31 heavy (non-hydrogen) atoms. The van der Waals surface area contributed by atoms with E-state index in [0.717, 1.165) is 14.3 Å².